The standard InChI is InChI=1S/C14H19ClN2O/c1-11(17-9-7-16(2)8-10-17)14(18)12-3-5-13(15)6-4-12/h3-6,11H,7-10H2,1-2H3. The summed E-state index contributed by atoms with van der Waals surface area (Å²) in [6.45, 7) is 5.95. The van der Waals surface area contributed by atoms with E-state index in [0.29, 0.717) is 5.02 Å². The van der Waals surface area contributed by atoms with Crippen molar-refractivity contribution < 1.29 is 4.79 Å². The van der Waals surface area contributed by atoms with E-state index in [9.17, 15) is 4.79 Å². The van der Waals surface area contributed by atoms with Gasteiger partial charge in [0, 0.05) is 36.8 Å². The average Bonchev–Trinajstić information content (AvgIpc) is 2.39. The molecule has 1 heterocycles. The molecule has 0 aliphatic carbocycles. The van der Waals surface area contributed by atoms with E-state index in [4.69, 9.17) is 11.6 Å². The Bertz CT molecular complexity index is 410. The Morgan fingerprint density at radius 3 is 2.28 bits per heavy atom. The maximum Gasteiger partial charge on any atom is 0.179 e. The predicted octanol–water partition coefficient (Wildman–Crippen LogP) is 2.16. The molecule has 3 nitrogen and oxygen atoms in total. The lowest BCUT2D eigenvalue weighted by Crippen LogP contribution is -2.50. The predicted molar refractivity (Wildman–Crippen MR) is 74.3 cm³/mol. The number of Topliss-reactive ketones (excluding diaryl/α,β-unsaturated/α-hetero) is 1. The SMILES string of the molecule is CC(C(=O)c1ccc(Cl)cc1)N1CCN(C)CC1. The maximum absolute atomic E-state index is 12.3. The number of nitrogens with zero attached hydrogens (tertiary/aromatic N) is 2. The lowest BCUT2D eigenvalue weighted by Gasteiger charge is -2.35. The Morgan fingerprint density at radius 1 is 1.17 bits per heavy atom. The van der Waals surface area contributed by atoms with E-state index in [1.54, 1.807) is 24.3 Å². The van der Waals surface area contributed by atoms with E-state index in [0.717, 1.165) is 31.7 Å². The van der Waals surface area contributed by atoms with E-state index in [2.05, 4.69) is 16.8 Å². The summed E-state index contributed by atoms with van der Waals surface area (Å²) in [6, 6.07) is 7.09. The molecule has 4 heteroatoms. The molecule has 1 saturated heterocycles. The summed E-state index contributed by atoms with van der Waals surface area (Å²) in [5.41, 5.74) is 0.742. The van der Waals surface area contributed by atoms with Gasteiger partial charge < -0.3 is 4.90 Å². The van der Waals surface area contributed by atoms with Crippen LogP contribution in [0.25, 0.3) is 0 Å². The number of halogens is 1. The summed E-state index contributed by atoms with van der Waals surface area (Å²) in [6.07, 6.45) is 0. The van der Waals surface area contributed by atoms with Crippen LogP contribution in [-0.2, 0) is 0 Å². The largest absolute Gasteiger partial charge is 0.304 e. The van der Waals surface area contributed by atoms with Gasteiger partial charge in [0.05, 0.1) is 6.04 Å². The van der Waals surface area contributed by atoms with Crippen LogP contribution in [0.4, 0.5) is 0 Å². The van der Waals surface area contributed by atoms with Gasteiger partial charge in [-0.1, -0.05) is 11.6 Å². The van der Waals surface area contributed by atoms with Crippen molar-refractivity contribution in [1.82, 2.24) is 9.80 Å². The van der Waals surface area contributed by atoms with Crippen LogP contribution in [0.5, 0.6) is 0 Å². The van der Waals surface area contributed by atoms with Gasteiger partial charge in [0.25, 0.3) is 0 Å². The van der Waals surface area contributed by atoms with Gasteiger partial charge in [0.1, 0.15) is 0 Å². The minimum absolute atomic E-state index is 0.0557. The Kier molecular flexibility index (Phi) is 4.38. The van der Waals surface area contributed by atoms with Crippen LogP contribution in [0.1, 0.15) is 17.3 Å². The Balaban J connectivity index is 2.02. The molecule has 0 bridgehead atoms. The maximum atomic E-state index is 12.3. The van der Waals surface area contributed by atoms with Gasteiger partial charge in [0.15, 0.2) is 5.78 Å². The van der Waals surface area contributed by atoms with E-state index >= 15 is 0 Å². The third-order valence-electron chi connectivity index (χ3n) is 3.59. The van der Waals surface area contributed by atoms with E-state index in [-0.39, 0.29) is 11.8 Å². The molecule has 0 saturated carbocycles. The molecule has 1 aliphatic heterocycles. The molecule has 0 aromatic heterocycles. The zero-order valence-electron chi connectivity index (χ0n) is 10.9. The molecule has 1 aromatic rings. The monoisotopic (exact) mass is 266 g/mol. The molecule has 98 valence electrons. The number of carbonyl (C=O) groups excluding carboxylic acids is 1. The zero-order chi connectivity index (χ0) is 13.1. The second-order valence-electron chi connectivity index (χ2n) is 4.89. The summed E-state index contributed by atoms with van der Waals surface area (Å²) in [7, 11) is 2.11. The average molecular weight is 267 g/mol. The molecular formula is C14H19ClN2O. The Morgan fingerprint density at radius 2 is 1.72 bits per heavy atom. The molecule has 1 fully saturated rings. The van der Waals surface area contributed by atoms with Crippen molar-refractivity contribution in [3.05, 3.63) is 34.9 Å². The fourth-order valence-corrected chi connectivity index (χ4v) is 2.36. The van der Waals surface area contributed by atoms with Gasteiger partial charge in [-0.2, -0.15) is 0 Å². The van der Waals surface area contributed by atoms with Crippen LogP contribution >= 0.6 is 11.6 Å². The van der Waals surface area contributed by atoms with E-state index in [1.807, 2.05) is 6.92 Å². The first-order valence-electron chi connectivity index (χ1n) is 6.30. The Hall–Kier alpha value is -0.900. The molecule has 0 radical (unpaired) electrons. The zero-order valence-corrected chi connectivity index (χ0v) is 11.7. The number of benzene rings is 1. The first-order chi connectivity index (χ1) is 8.58. The molecule has 18 heavy (non-hydrogen) atoms. The van der Waals surface area contributed by atoms with Crippen LogP contribution in [-0.4, -0.2) is 54.9 Å². The van der Waals surface area contributed by atoms with Crippen molar-refractivity contribution in [1.29, 1.82) is 0 Å². The second kappa shape index (κ2) is 5.83. The van der Waals surface area contributed by atoms with Crippen LogP contribution < -0.4 is 0 Å². The molecule has 0 spiro atoms. The van der Waals surface area contributed by atoms with Crippen molar-refractivity contribution in [3.8, 4) is 0 Å². The normalized spacial score (nSPS) is 19.7. The number of piperazine rings is 1. The smallest absolute Gasteiger partial charge is 0.179 e. The summed E-state index contributed by atoms with van der Waals surface area (Å²) >= 11 is 5.83. The quantitative estimate of drug-likeness (QED) is 0.784. The van der Waals surface area contributed by atoms with E-state index in [1.165, 1.54) is 0 Å². The first kappa shape index (κ1) is 13.5. The second-order valence-corrected chi connectivity index (χ2v) is 5.32. The summed E-state index contributed by atoms with van der Waals surface area (Å²) in [5.74, 6) is 0.177. The molecule has 1 aliphatic rings. The Labute approximate surface area is 113 Å². The van der Waals surface area contributed by atoms with Crippen LogP contribution in [0.2, 0.25) is 5.02 Å². The number of likely N-dealkylation sites (N-methyl/N-ethyl adjacent to an activating group) is 1. The molecule has 1 aromatic carbocycles. The fraction of sp³-hybridized carbons (Fsp3) is 0.500. The lowest BCUT2D eigenvalue weighted by atomic mass is 10.0. The highest BCUT2D eigenvalue weighted by Gasteiger charge is 2.24. The van der Waals surface area contributed by atoms with Gasteiger partial charge in [-0.15, -0.1) is 0 Å². The highest BCUT2D eigenvalue weighted by Crippen LogP contribution is 2.14. The molecule has 1 unspecified atom stereocenters. The van der Waals surface area contributed by atoms with Gasteiger partial charge in [-0.3, -0.25) is 9.69 Å². The molecule has 0 amide bonds. The number of ketones is 1. The van der Waals surface area contributed by atoms with Crippen molar-refractivity contribution in [3.63, 3.8) is 0 Å². The highest BCUT2D eigenvalue weighted by molar-refractivity contribution is 6.30. The number of hydrogen-bond acceptors (Lipinski definition) is 3. The number of rotatable bonds is 3. The van der Waals surface area contributed by atoms with Crippen LogP contribution in [0, 0.1) is 0 Å². The van der Waals surface area contributed by atoms with Crippen molar-refractivity contribution >= 4 is 17.4 Å². The highest BCUT2D eigenvalue weighted by atomic mass is 35.5. The third-order valence-corrected chi connectivity index (χ3v) is 3.85. The topological polar surface area (TPSA) is 23.6 Å². The van der Waals surface area contributed by atoms with E-state index < -0.39 is 0 Å². The van der Waals surface area contributed by atoms with Gasteiger partial charge >= 0.3 is 0 Å². The summed E-state index contributed by atoms with van der Waals surface area (Å²) < 4.78 is 0. The minimum Gasteiger partial charge on any atom is -0.304 e. The van der Waals surface area contributed by atoms with Crippen LogP contribution in [0.3, 0.4) is 0 Å². The van der Waals surface area contributed by atoms with Gasteiger partial charge in [-0.05, 0) is 38.2 Å². The van der Waals surface area contributed by atoms with Gasteiger partial charge in [-0.25, -0.2) is 0 Å². The first-order valence-corrected chi connectivity index (χ1v) is 6.68. The summed E-state index contributed by atoms with van der Waals surface area (Å²) in [5, 5.41) is 0.666. The van der Waals surface area contributed by atoms with Crippen LogP contribution in [0.15, 0.2) is 24.3 Å². The molecule has 2 rings (SSSR count). The number of hydrogen-bond donors (Lipinski definition) is 0. The molecular weight excluding hydrogens is 248 g/mol. The lowest BCUT2D eigenvalue weighted by molar-refractivity contribution is 0.0738. The van der Waals surface area contributed by atoms with Crippen molar-refractivity contribution in [2.24, 2.45) is 0 Å². The molecule has 1 atom stereocenters. The van der Waals surface area contributed by atoms with Crippen molar-refractivity contribution in [2.75, 3.05) is 33.2 Å². The van der Waals surface area contributed by atoms with Gasteiger partial charge in [0.2, 0.25) is 0 Å². The van der Waals surface area contributed by atoms with Crippen molar-refractivity contribution in [2.45, 2.75) is 13.0 Å². The third kappa shape index (κ3) is 3.10. The summed E-state index contributed by atoms with van der Waals surface area (Å²) in [4.78, 5) is 16.9. The molecule has 0 N–H and O–H groups in total. The fourth-order valence-electron chi connectivity index (χ4n) is 2.23. The minimum atomic E-state index is -0.0557. The number of carbonyl (C=O) groups is 1.